The van der Waals surface area contributed by atoms with E-state index in [1.54, 1.807) is 12.1 Å². The van der Waals surface area contributed by atoms with Gasteiger partial charge < -0.3 is 9.84 Å². The fourth-order valence-corrected chi connectivity index (χ4v) is 5.81. The van der Waals surface area contributed by atoms with E-state index in [0.29, 0.717) is 6.61 Å². The summed E-state index contributed by atoms with van der Waals surface area (Å²) >= 11 is 0. The first kappa shape index (κ1) is 28.7. The molecule has 0 bridgehead atoms. The maximum atomic E-state index is 12.0. The van der Waals surface area contributed by atoms with Gasteiger partial charge in [-0.2, -0.15) is 0 Å². The zero-order valence-electron chi connectivity index (χ0n) is 22.5. The van der Waals surface area contributed by atoms with E-state index in [1.165, 1.54) is 29.6 Å². The molecule has 198 valence electrons. The molecule has 0 aliphatic heterocycles. The van der Waals surface area contributed by atoms with Gasteiger partial charge in [0.25, 0.3) is 0 Å². The summed E-state index contributed by atoms with van der Waals surface area (Å²) in [6, 6.07) is 26.3. The lowest BCUT2D eigenvalue weighted by molar-refractivity contribution is 0.305. The van der Waals surface area contributed by atoms with Crippen LogP contribution in [0.1, 0.15) is 81.9 Å². The highest BCUT2D eigenvalue weighted by atomic mass is 32.2. The van der Waals surface area contributed by atoms with Gasteiger partial charge in [-0.05, 0) is 77.8 Å². The molecule has 3 aromatic rings. The number of phenolic OH excluding ortho intramolecular Hbond substituents is 1. The van der Waals surface area contributed by atoms with Crippen molar-refractivity contribution in [3.05, 3.63) is 95.6 Å². The van der Waals surface area contributed by atoms with Gasteiger partial charge in [-0.15, -0.1) is 0 Å². The Balaban J connectivity index is 1.58. The molecule has 0 aromatic heterocycles. The Morgan fingerprint density at radius 1 is 0.703 bits per heavy atom. The number of ether oxygens (including phenoxy) is 1. The number of hydrogen-bond donors (Lipinski definition) is 1. The highest BCUT2D eigenvalue weighted by molar-refractivity contribution is 7.84. The van der Waals surface area contributed by atoms with Crippen LogP contribution in [-0.4, -0.2) is 27.4 Å². The van der Waals surface area contributed by atoms with Crippen molar-refractivity contribution in [2.75, 3.05) is 18.1 Å². The highest BCUT2D eigenvalue weighted by Crippen LogP contribution is 2.35. The molecule has 0 aliphatic rings. The standard InChI is InChI=1S/C33H42O3S/c1-3-5-12-25-37(35)26-13-7-6-11-24-36-31-22-18-29(19-23-31)33(28-16-20-30(34)21-17-28)32(4-2)27-14-9-8-10-15-27/h8-10,14-23,34H,3-7,11-13,24-26H2,1-2H3/b33-32+. The van der Waals surface area contributed by atoms with Crippen LogP contribution in [0.4, 0.5) is 0 Å². The van der Waals surface area contributed by atoms with Gasteiger partial charge in [-0.3, -0.25) is 4.21 Å². The van der Waals surface area contributed by atoms with Crippen molar-refractivity contribution in [3.63, 3.8) is 0 Å². The number of benzene rings is 3. The minimum absolute atomic E-state index is 0.268. The van der Waals surface area contributed by atoms with Crippen molar-refractivity contribution < 1.29 is 14.1 Å². The van der Waals surface area contributed by atoms with Crippen molar-refractivity contribution in [3.8, 4) is 11.5 Å². The number of aromatic hydroxyl groups is 1. The van der Waals surface area contributed by atoms with Crippen molar-refractivity contribution in [2.24, 2.45) is 0 Å². The number of unbranched alkanes of at least 4 members (excludes halogenated alkanes) is 5. The van der Waals surface area contributed by atoms with Crippen molar-refractivity contribution in [2.45, 2.75) is 65.2 Å². The van der Waals surface area contributed by atoms with Crippen LogP contribution in [0.15, 0.2) is 78.9 Å². The van der Waals surface area contributed by atoms with Gasteiger partial charge in [0.1, 0.15) is 11.5 Å². The molecule has 0 saturated heterocycles. The third-order valence-electron chi connectivity index (χ3n) is 6.59. The monoisotopic (exact) mass is 518 g/mol. The van der Waals surface area contributed by atoms with Gasteiger partial charge in [-0.1, -0.05) is 94.1 Å². The molecule has 3 nitrogen and oxygen atoms in total. The van der Waals surface area contributed by atoms with Crippen LogP contribution in [0.5, 0.6) is 11.5 Å². The summed E-state index contributed by atoms with van der Waals surface area (Å²) in [6.07, 6.45) is 8.63. The van der Waals surface area contributed by atoms with E-state index in [2.05, 4.69) is 50.2 Å². The normalized spacial score (nSPS) is 12.7. The van der Waals surface area contributed by atoms with Gasteiger partial charge in [0, 0.05) is 22.3 Å². The largest absolute Gasteiger partial charge is 0.508 e. The van der Waals surface area contributed by atoms with E-state index >= 15 is 0 Å². The maximum Gasteiger partial charge on any atom is 0.119 e. The third kappa shape index (κ3) is 9.51. The molecule has 0 saturated carbocycles. The van der Waals surface area contributed by atoms with E-state index in [-0.39, 0.29) is 5.75 Å². The first-order valence-corrected chi connectivity index (χ1v) is 15.3. The van der Waals surface area contributed by atoms with E-state index in [4.69, 9.17) is 4.74 Å². The topological polar surface area (TPSA) is 46.5 Å². The first-order valence-electron chi connectivity index (χ1n) is 13.8. The molecule has 4 heteroatoms. The molecule has 0 fully saturated rings. The predicted molar refractivity (Wildman–Crippen MR) is 159 cm³/mol. The average molecular weight is 519 g/mol. The summed E-state index contributed by atoms with van der Waals surface area (Å²) in [7, 11) is -0.644. The number of phenols is 1. The molecule has 0 heterocycles. The summed E-state index contributed by atoms with van der Waals surface area (Å²) in [4.78, 5) is 0. The van der Waals surface area contributed by atoms with Crippen molar-refractivity contribution >= 4 is 21.9 Å². The minimum atomic E-state index is -0.644. The molecule has 3 rings (SSSR count). The molecule has 1 N–H and O–H groups in total. The lowest BCUT2D eigenvalue weighted by Crippen LogP contribution is -2.03. The molecular weight excluding hydrogens is 476 g/mol. The molecule has 1 unspecified atom stereocenters. The fraction of sp³-hybridized carbons (Fsp3) is 0.394. The molecule has 37 heavy (non-hydrogen) atoms. The van der Waals surface area contributed by atoms with Crippen LogP contribution >= 0.6 is 0 Å². The van der Waals surface area contributed by atoms with E-state index in [9.17, 15) is 9.32 Å². The van der Waals surface area contributed by atoms with E-state index in [0.717, 1.165) is 66.9 Å². The number of rotatable bonds is 16. The Kier molecular flexibility index (Phi) is 12.5. The maximum absolute atomic E-state index is 12.0. The average Bonchev–Trinajstić information content (AvgIpc) is 2.93. The van der Waals surface area contributed by atoms with Crippen molar-refractivity contribution in [1.29, 1.82) is 0 Å². The highest BCUT2D eigenvalue weighted by Gasteiger charge is 2.13. The summed E-state index contributed by atoms with van der Waals surface area (Å²) in [5.74, 6) is 2.85. The quantitative estimate of drug-likeness (QED) is 0.152. The molecule has 0 spiro atoms. The Morgan fingerprint density at radius 2 is 1.30 bits per heavy atom. The molecule has 1 atom stereocenters. The van der Waals surface area contributed by atoms with Gasteiger partial charge in [0.05, 0.1) is 6.61 Å². The van der Waals surface area contributed by atoms with E-state index < -0.39 is 10.8 Å². The van der Waals surface area contributed by atoms with Crippen LogP contribution < -0.4 is 4.74 Å². The van der Waals surface area contributed by atoms with Gasteiger partial charge in [-0.25, -0.2) is 0 Å². The van der Waals surface area contributed by atoms with Crippen LogP contribution in [0.2, 0.25) is 0 Å². The molecule has 3 aromatic carbocycles. The molecule has 0 radical (unpaired) electrons. The van der Waals surface area contributed by atoms with Crippen LogP contribution in [0.3, 0.4) is 0 Å². The summed E-state index contributed by atoms with van der Waals surface area (Å²) < 4.78 is 18.0. The predicted octanol–water partition coefficient (Wildman–Crippen LogP) is 8.64. The number of allylic oxidation sites excluding steroid dienone is 1. The summed E-state index contributed by atoms with van der Waals surface area (Å²) in [6.45, 7) is 5.06. The zero-order chi connectivity index (χ0) is 26.3. The summed E-state index contributed by atoms with van der Waals surface area (Å²) in [5, 5.41) is 9.83. The molecular formula is C33H42O3S. The second-order valence-electron chi connectivity index (χ2n) is 9.46. The van der Waals surface area contributed by atoms with Crippen LogP contribution in [0.25, 0.3) is 11.1 Å². The van der Waals surface area contributed by atoms with E-state index in [1.807, 2.05) is 30.3 Å². The molecule has 0 amide bonds. The Morgan fingerprint density at radius 3 is 1.92 bits per heavy atom. The molecule has 0 aliphatic carbocycles. The SMILES string of the molecule is CCCCCS(=O)CCCCCCOc1ccc(/C(=C(\CC)c2ccccc2)c2ccc(O)cc2)cc1. The lowest BCUT2D eigenvalue weighted by Gasteiger charge is -2.17. The minimum Gasteiger partial charge on any atom is -0.508 e. The van der Waals surface area contributed by atoms with Gasteiger partial charge in [0.15, 0.2) is 0 Å². The smallest absolute Gasteiger partial charge is 0.119 e. The van der Waals surface area contributed by atoms with Gasteiger partial charge in [0.2, 0.25) is 0 Å². The third-order valence-corrected chi connectivity index (χ3v) is 8.08. The summed E-state index contributed by atoms with van der Waals surface area (Å²) in [5.41, 5.74) is 5.86. The van der Waals surface area contributed by atoms with Crippen LogP contribution in [0, 0.1) is 0 Å². The Labute approximate surface area is 226 Å². The fourth-order valence-electron chi connectivity index (χ4n) is 4.55. The van der Waals surface area contributed by atoms with Crippen LogP contribution in [-0.2, 0) is 10.8 Å². The number of hydrogen-bond acceptors (Lipinski definition) is 3. The Hall–Kier alpha value is -2.85. The zero-order valence-corrected chi connectivity index (χ0v) is 23.3. The second kappa shape index (κ2) is 16.1. The van der Waals surface area contributed by atoms with Gasteiger partial charge >= 0.3 is 0 Å². The lowest BCUT2D eigenvalue weighted by atomic mass is 9.88. The van der Waals surface area contributed by atoms with Crippen molar-refractivity contribution in [1.82, 2.24) is 0 Å². The second-order valence-corrected chi connectivity index (χ2v) is 11.2. The Bertz CT molecular complexity index is 1100. The first-order chi connectivity index (χ1) is 18.1.